The van der Waals surface area contributed by atoms with Gasteiger partial charge in [-0.2, -0.15) is 0 Å². The van der Waals surface area contributed by atoms with Crippen molar-refractivity contribution in [3.63, 3.8) is 0 Å². The maximum atomic E-state index is 13.5. The highest BCUT2D eigenvalue weighted by molar-refractivity contribution is 5.94. The number of Topliss-reactive ketones (excluding diaryl/α,β-unsaturated/α-hetero) is 2. The molecule has 3 atom stereocenters. The van der Waals surface area contributed by atoms with Gasteiger partial charge in [0.15, 0.2) is 11.6 Å². The summed E-state index contributed by atoms with van der Waals surface area (Å²) in [6, 6.07) is 8.61. The van der Waals surface area contributed by atoms with Gasteiger partial charge in [-0.1, -0.05) is 50.8 Å². The summed E-state index contributed by atoms with van der Waals surface area (Å²) in [5.74, 6) is -2.82. The Bertz CT molecular complexity index is 937. The van der Waals surface area contributed by atoms with Crippen molar-refractivity contribution < 1.29 is 28.3 Å². The number of ether oxygens (including phenoxy) is 1. The van der Waals surface area contributed by atoms with E-state index in [1.165, 1.54) is 4.90 Å². The Balaban J connectivity index is 2.00. The van der Waals surface area contributed by atoms with Crippen LogP contribution in [0.25, 0.3) is 0 Å². The number of nitrogens with two attached hydrogens (primary N) is 1. The highest BCUT2D eigenvalue weighted by Crippen LogP contribution is 2.28. The van der Waals surface area contributed by atoms with E-state index in [2.05, 4.69) is 11.9 Å². The van der Waals surface area contributed by atoms with Gasteiger partial charge in [0.1, 0.15) is 13.3 Å². The Morgan fingerprint density at radius 3 is 2.51 bits per heavy atom. The number of carbonyl (C=O) groups is 4. The van der Waals surface area contributed by atoms with Gasteiger partial charge in [-0.15, -0.1) is 0 Å². The first kappa shape index (κ1) is 30.0. The van der Waals surface area contributed by atoms with Gasteiger partial charge >= 0.3 is 5.97 Å². The third-order valence-electron chi connectivity index (χ3n) is 6.77. The molecular weight excluding hydrogens is 477 g/mol. The van der Waals surface area contributed by atoms with Gasteiger partial charge in [0.2, 0.25) is 5.91 Å². The Morgan fingerprint density at radius 1 is 1.19 bits per heavy atom. The predicted molar refractivity (Wildman–Crippen MR) is 139 cm³/mol. The van der Waals surface area contributed by atoms with Crippen LogP contribution in [-0.4, -0.2) is 54.1 Å². The summed E-state index contributed by atoms with van der Waals surface area (Å²) in [5, 5.41) is 2.85. The SMILES string of the molecule is C=C(N)NCCC[C@H](CC(=O)[C@@H]1CCCN1C(=O)[C@@H](CC(=O)OCc1ccccc1)C(C)C)C(=O)CF. The number of hydrogen-bond donors (Lipinski definition) is 2. The summed E-state index contributed by atoms with van der Waals surface area (Å²) in [6.45, 7) is 7.12. The molecule has 0 bridgehead atoms. The first-order chi connectivity index (χ1) is 17.6. The van der Waals surface area contributed by atoms with E-state index in [1.807, 2.05) is 44.2 Å². The molecule has 0 spiro atoms. The molecule has 0 unspecified atom stereocenters. The lowest BCUT2D eigenvalue weighted by Gasteiger charge is -2.30. The van der Waals surface area contributed by atoms with Gasteiger partial charge in [0, 0.05) is 25.4 Å². The second-order valence-electron chi connectivity index (χ2n) is 9.95. The molecule has 1 amide bonds. The molecule has 204 valence electrons. The van der Waals surface area contributed by atoms with Crippen molar-refractivity contribution in [2.45, 2.75) is 65.0 Å². The van der Waals surface area contributed by atoms with Gasteiger partial charge in [-0.05, 0) is 37.2 Å². The molecule has 1 fully saturated rings. The van der Waals surface area contributed by atoms with Gasteiger partial charge in [0.25, 0.3) is 0 Å². The summed E-state index contributed by atoms with van der Waals surface area (Å²) in [7, 11) is 0. The lowest BCUT2D eigenvalue weighted by Crippen LogP contribution is -2.46. The molecule has 0 saturated carbocycles. The molecule has 1 aliphatic heterocycles. The van der Waals surface area contributed by atoms with E-state index >= 15 is 0 Å². The van der Waals surface area contributed by atoms with Crippen molar-refractivity contribution in [3.05, 3.63) is 48.3 Å². The van der Waals surface area contributed by atoms with Gasteiger partial charge in [-0.3, -0.25) is 19.2 Å². The van der Waals surface area contributed by atoms with Crippen LogP contribution in [0.2, 0.25) is 0 Å². The maximum absolute atomic E-state index is 13.5. The molecule has 0 aromatic heterocycles. The van der Waals surface area contributed by atoms with Crippen LogP contribution in [0.1, 0.15) is 57.9 Å². The molecule has 9 heteroatoms. The minimum Gasteiger partial charge on any atom is -0.461 e. The zero-order valence-electron chi connectivity index (χ0n) is 21.9. The molecule has 3 N–H and O–H groups in total. The number of rotatable bonds is 16. The number of likely N-dealkylation sites (tertiary alicyclic amines) is 1. The van der Waals surface area contributed by atoms with E-state index in [4.69, 9.17) is 10.5 Å². The predicted octanol–water partition coefficient (Wildman–Crippen LogP) is 3.30. The first-order valence-corrected chi connectivity index (χ1v) is 12.9. The minimum atomic E-state index is -1.14. The van der Waals surface area contributed by atoms with Crippen LogP contribution in [0.15, 0.2) is 42.7 Å². The number of nitrogens with zero attached hydrogens (tertiary/aromatic N) is 1. The summed E-state index contributed by atoms with van der Waals surface area (Å²) in [6.07, 6.45) is 1.79. The average Bonchev–Trinajstić information content (AvgIpc) is 3.37. The molecule has 1 heterocycles. The molecule has 1 aliphatic rings. The third-order valence-corrected chi connectivity index (χ3v) is 6.77. The van der Waals surface area contributed by atoms with Crippen LogP contribution in [0.3, 0.4) is 0 Å². The van der Waals surface area contributed by atoms with Crippen molar-refractivity contribution >= 4 is 23.4 Å². The van der Waals surface area contributed by atoms with E-state index in [9.17, 15) is 23.6 Å². The van der Waals surface area contributed by atoms with E-state index in [0.717, 1.165) is 5.56 Å². The standard InChI is InChI=1S/C28H40FN3O5/c1-19(2)23(16-27(35)37-18-21-9-5-4-6-10-21)28(36)32-14-8-12-24(32)25(33)15-22(26(34)17-29)11-7-13-31-20(3)30/h4-6,9-10,19,22-24,31H,3,7-8,11-18,30H2,1-2H3/t22-,23+,24+/m1/s1. The molecule has 8 nitrogen and oxygen atoms in total. The maximum Gasteiger partial charge on any atom is 0.306 e. The van der Waals surface area contributed by atoms with Crippen LogP contribution >= 0.6 is 0 Å². The third kappa shape index (κ3) is 9.63. The normalized spacial score (nSPS) is 16.8. The minimum absolute atomic E-state index is 0.0802. The van der Waals surface area contributed by atoms with Crippen molar-refractivity contribution in [2.24, 2.45) is 23.5 Å². The van der Waals surface area contributed by atoms with Gasteiger partial charge < -0.3 is 20.7 Å². The van der Waals surface area contributed by atoms with Crippen molar-refractivity contribution in [2.75, 3.05) is 19.8 Å². The lowest BCUT2D eigenvalue weighted by molar-refractivity contribution is -0.152. The van der Waals surface area contributed by atoms with Crippen molar-refractivity contribution in [1.82, 2.24) is 10.2 Å². The van der Waals surface area contributed by atoms with Crippen molar-refractivity contribution in [3.8, 4) is 0 Å². The smallest absolute Gasteiger partial charge is 0.306 e. The number of benzene rings is 1. The largest absolute Gasteiger partial charge is 0.461 e. The fourth-order valence-electron chi connectivity index (χ4n) is 4.63. The average molecular weight is 518 g/mol. The van der Waals surface area contributed by atoms with Gasteiger partial charge in [-0.25, -0.2) is 4.39 Å². The number of nitrogens with one attached hydrogen (secondary N) is 1. The molecule has 1 saturated heterocycles. The zero-order chi connectivity index (χ0) is 27.4. The Morgan fingerprint density at radius 2 is 1.89 bits per heavy atom. The highest BCUT2D eigenvalue weighted by Gasteiger charge is 2.39. The lowest BCUT2D eigenvalue weighted by atomic mass is 9.88. The van der Waals surface area contributed by atoms with E-state index < -0.39 is 36.3 Å². The number of halogens is 1. The van der Waals surface area contributed by atoms with Crippen LogP contribution < -0.4 is 11.1 Å². The van der Waals surface area contributed by atoms with E-state index in [-0.39, 0.29) is 37.1 Å². The topological polar surface area (TPSA) is 119 Å². The molecule has 1 aromatic rings. The van der Waals surface area contributed by atoms with Crippen LogP contribution in [0.5, 0.6) is 0 Å². The fourth-order valence-corrected chi connectivity index (χ4v) is 4.63. The summed E-state index contributed by atoms with van der Waals surface area (Å²) < 4.78 is 18.6. The zero-order valence-corrected chi connectivity index (χ0v) is 21.9. The van der Waals surface area contributed by atoms with Gasteiger partial charge in [0.05, 0.1) is 24.2 Å². The van der Waals surface area contributed by atoms with E-state index in [1.54, 1.807) is 0 Å². The van der Waals surface area contributed by atoms with Crippen molar-refractivity contribution in [1.29, 1.82) is 0 Å². The van der Waals surface area contributed by atoms with Crippen LogP contribution in [0, 0.1) is 17.8 Å². The van der Waals surface area contributed by atoms with Crippen LogP contribution in [0.4, 0.5) is 4.39 Å². The molecule has 37 heavy (non-hydrogen) atoms. The number of ketones is 2. The second-order valence-corrected chi connectivity index (χ2v) is 9.95. The number of esters is 1. The monoisotopic (exact) mass is 517 g/mol. The number of alkyl halides is 1. The second kappa shape index (κ2) is 15.1. The molecular formula is C28H40FN3O5. The van der Waals surface area contributed by atoms with Crippen LogP contribution in [-0.2, 0) is 30.5 Å². The summed E-state index contributed by atoms with van der Waals surface area (Å²) >= 11 is 0. The Labute approximate surface area is 218 Å². The molecule has 2 rings (SSSR count). The highest BCUT2D eigenvalue weighted by atomic mass is 19.1. The molecule has 0 radical (unpaired) electrons. The Kier molecular flexibility index (Phi) is 12.3. The van der Waals surface area contributed by atoms with E-state index in [0.29, 0.717) is 44.6 Å². The summed E-state index contributed by atoms with van der Waals surface area (Å²) in [5.41, 5.74) is 6.32. The quantitative estimate of drug-likeness (QED) is 0.255. The molecule has 0 aliphatic carbocycles. The summed E-state index contributed by atoms with van der Waals surface area (Å²) in [4.78, 5) is 52.9. The number of amides is 1. The molecule has 1 aromatic carbocycles. The Hall–Kier alpha value is -3.23. The fraction of sp³-hybridized carbons (Fsp3) is 0.571. The first-order valence-electron chi connectivity index (χ1n) is 12.9. The number of carbonyl (C=O) groups excluding carboxylic acids is 4. The number of hydrogen-bond acceptors (Lipinski definition) is 7.